The summed E-state index contributed by atoms with van der Waals surface area (Å²) in [7, 11) is 0. The van der Waals surface area contributed by atoms with Gasteiger partial charge in [0.15, 0.2) is 23.3 Å². The van der Waals surface area contributed by atoms with Crippen molar-refractivity contribution in [2.45, 2.75) is 76.7 Å². The number of aryl methyl sites for hydroxylation is 4. The number of halogens is 6. The van der Waals surface area contributed by atoms with E-state index in [0.717, 1.165) is 98.8 Å². The first-order valence-corrected chi connectivity index (χ1v) is 24.4. The Morgan fingerprint density at radius 3 is 1.00 bits per heavy atom. The molecule has 0 aliphatic heterocycles. The lowest BCUT2D eigenvalue weighted by molar-refractivity contribution is 0.765. The van der Waals surface area contributed by atoms with Crippen LogP contribution in [0.25, 0.3) is 45.1 Å². The fourth-order valence-corrected chi connectivity index (χ4v) is 9.48. The van der Waals surface area contributed by atoms with Crippen LogP contribution in [0.4, 0.5) is 0 Å². The fourth-order valence-electron chi connectivity index (χ4n) is 6.77. The largest absolute Gasteiger partial charge is 0.219 e. The minimum absolute atomic E-state index is 0.677. The maximum atomic E-state index is 5.01. The zero-order valence-electron chi connectivity index (χ0n) is 33.2. The third-order valence-corrected chi connectivity index (χ3v) is 13.7. The van der Waals surface area contributed by atoms with Gasteiger partial charge in [-0.05, 0) is 137 Å². The zero-order valence-corrected chi connectivity index (χ0v) is 42.7. The summed E-state index contributed by atoms with van der Waals surface area (Å²) in [5.41, 5.74) is 15.6. The zero-order chi connectivity index (χ0) is 41.7. The van der Waals surface area contributed by atoms with Crippen molar-refractivity contribution in [3.63, 3.8) is 0 Å². The third kappa shape index (κ3) is 8.09. The molecule has 6 aromatic heterocycles. The molecule has 0 saturated carbocycles. The maximum absolute atomic E-state index is 5.01. The Labute approximate surface area is 388 Å². The summed E-state index contributed by atoms with van der Waals surface area (Å²) in [6.07, 6.45) is 0. The molecule has 10 nitrogen and oxygen atoms in total. The van der Waals surface area contributed by atoms with Crippen LogP contribution >= 0.6 is 95.6 Å². The van der Waals surface area contributed by atoms with E-state index in [1.165, 1.54) is 33.4 Å². The molecule has 8 aromatic rings. The van der Waals surface area contributed by atoms with Crippen molar-refractivity contribution in [1.82, 2.24) is 49.1 Å². The standard InChI is InChI=1S/C25H22Br3N5.C17H18Br3N5/c1-13-5-18-20(11-26)30-32(22(18)7-15(13)3)24-9-17(28)10-25(29-24)33-23-8-16(4)14(2)6-19(23)21(12-27)31-33;1-9-11(3)24(22-14(9)7-18)16-5-13(20)6-17(21-16)25-12(4)10(2)15(8-19)23-25/h5-10H,11-12H2,1-4H3;5-6H,7-8H2,1-4H3. The highest BCUT2D eigenvalue weighted by Crippen LogP contribution is 2.31. The van der Waals surface area contributed by atoms with Gasteiger partial charge in [-0.25, -0.2) is 28.7 Å². The Hall–Kier alpha value is -3.02. The predicted molar refractivity (Wildman–Crippen MR) is 256 cm³/mol. The average Bonchev–Trinajstić information content (AvgIpc) is 3.91. The van der Waals surface area contributed by atoms with Crippen LogP contribution in [0.15, 0.2) is 57.5 Å². The number of hydrogen-bond donors (Lipinski definition) is 0. The number of fused-ring (bicyclic) bond motifs is 2. The first-order chi connectivity index (χ1) is 27.7. The predicted octanol–water partition coefficient (Wildman–Crippen LogP) is 12.8. The van der Waals surface area contributed by atoms with Crippen molar-refractivity contribution in [1.29, 1.82) is 0 Å². The van der Waals surface area contributed by atoms with Crippen molar-refractivity contribution in [2.75, 3.05) is 0 Å². The highest BCUT2D eigenvalue weighted by molar-refractivity contribution is 9.11. The molecule has 0 atom stereocenters. The molecule has 58 heavy (non-hydrogen) atoms. The van der Waals surface area contributed by atoms with Crippen molar-refractivity contribution in [3.8, 4) is 23.3 Å². The molecule has 6 heterocycles. The molecule has 16 heteroatoms. The molecule has 300 valence electrons. The molecule has 0 saturated heterocycles. The molecule has 2 aromatic carbocycles. The van der Waals surface area contributed by atoms with Gasteiger partial charge in [0, 0.05) is 52.4 Å². The number of benzene rings is 2. The highest BCUT2D eigenvalue weighted by atomic mass is 79.9. The second-order valence-electron chi connectivity index (χ2n) is 14.3. The Morgan fingerprint density at radius 2 is 0.690 bits per heavy atom. The van der Waals surface area contributed by atoms with Crippen LogP contribution in [0.2, 0.25) is 0 Å². The van der Waals surface area contributed by atoms with Gasteiger partial charge in [0.1, 0.15) is 0 Å². The van der Waals surface area contributed by atoms with Crippen molar-refractivity contribution < 1.29 is 0 Å². The summed E-state index contributed by atoms with van der Waals surface area (Å²) in [6, 6.07) is 16.7. The topological polar surface area (TPSA) is 97.1 Å². The Morgan fingerprint density at radius 1 is 0.397 bits per heavy atom. The van der Waals surface area contributed by atoms with Crippen molar-refractivity contribution in [3.05, 3.63) is 125 Å². The van der Waals surface area contributed by atoms with E-state index in [4.69, 9.17) is 20.2 Å². The Bertz CT molecular complexity index is 2680. The summed E-state index contributed by atoms with van der Waals surface area (Å²) in [5, 5.41) is 24.2. The van der Waals surface area contributed by atoms with Gasteiger partial charge in [0.25, 0.3) is 0 Å². The summed E-state index contributed by atoms with van der Waals surface area (Å²) in [4.78, 5) is 9.83. The summed E-state index contributed by atoms with van der Waals surface area (Å²) < 4.78 is 9.49. The Kier molecular flexibility index (Phi) is 13.0. The number of pyridine rings is 2. The number of alkyl halides is 4. The van der Waals surface area contributed by atoms with Gasteiger partial charge in [0.2, 0.25) is 0 Å². The smallest absolute Gasteiger partial charge is 0.157 e. The van der Waals surface area contributed by atoms with Crippen LogP contribution in [0, 0.1) is 55.4 Å². The van der Waals surface area contributed by atoms with Gasteiger partial charge in [-0.2, -0.15) is 20.4 Å². The van der Waals surface area contributed by atoms with Gasteiger partial charge in [0.05, 0.1) is 33.8 Å². The molecule has 0 aliphatic carbocycles. The van der Waals surface area contributed by atoms with Gasteiger partial charge >= 0.3 is 0 Å². The van der Waals surface area contributed by atoms with E-state index in [2.05, 4.69) is 185 Å². The SMILES string of the molecule is Cc1c(CBr)nn(-c2cc(Br)cc(-n3nc(CBr)c(C)c3C)n2)c1C.Cc1cc2c(CBr)nn(-c3cc(Br)cc(-n4nc(CBr)c5cc(C)c(C)cc54)n3)c2cc1C. The van der Waals surface area contributed by atoms with Gasteiger partial charge in [-0.1, -0.05) is 95.6 Å². The molecule has 0 unspecified atom stereocenters. The average molecular weight is 1160 g/mol. The van der Waals surface area contributed by atoms with Gasteiger partial charge in [-0.15, -0.1) is 0 Å². The number of aromatic nitrogens is 10. The van der Waals surface area contributed by atoms with E-state index >= 15 is 0 Å². The summed E-state index contributed by atoms with van der Waals surface area (Å²) >= 11 is 21.5. The Balaban J connectivity index is 0.000000184. The molecular formula is C42H40Br6N10. The summed E-state index contributed by atoms with van der Waals surface area (Å²) in [6.45, 7) is 16.8. The van der Waals surface area contributed by atoms with Gasteiger partial charge in [-0.3, -0.25) is 0 Å². The quantitative estimate of drug-likeness (QED) is 0.141. The molecule has 0 aliphatic rings. The molecule has 0 N–H and O–H groups in total. The number of rotatable bonds is 8. The van der Waals surface area contributed by atoms with Crippen molar-refractivity contribution in [2.24, 2.45) is 0 Å². The van der Waals surface area contributed by atoms with E-state index in [0.29, 0.717) is 10.7 Å². The first kappa shape index (κ1) is 43.1. The van der Waals surface area contributed by atoms with E-state index in [1.807, 2.05) is 43.0 Å². The van der Waals surface area contributed by atoms with Crippen molar-refractivity contribution >= 4 is 117 Å². The normalized spacial score (nSPS) is 11.6. The van der Waals surface area contributed by atoms with Crippen LogP contribution < -0.4 is 0 Å². The molecule has 8 rings (SSSR count). The third-order valence-electron chi connectivity index (χ3n) is 10.7. The van der Waals surface area contributed by atoms with E-state index < -0.39 is 0 Å². The molecule has 0 radical (unpaired) electrons. The molecule has 0 amide bonds. The molecular weight excluding hydrogens is 1120 g/mol. The van der Waals surface area contributed by atoms with Gasteiger partial charge < -0.3 is 0 Å². The minimum Gasteiger partial charge on any atom is -0.219 e. The summed E-state index contributed by atoms with van der Waals surface area (Å²) in [5.74, 6) is 3.02. The number of nitrogens with zero attached hydrogens (tertiary/aromatic N) is 10. The van der Waals surface area contributed by atoms with E-state index in [9.17, 15) is 0 Å². The minimum atomic E-state index is 0.677. The van der Waals surface area contributed by atoms with Crippen LogP contribution in [0.3, 0.4) is 0 Å². The first-order valence-electron chi connectivity index (χ1n) is 18.4. The highest BCUT2D eigenvalue weighted by Gasteiger charge is 2.19. The molecule has 0 fully saturated rings. The van der Waals surface area contributed by atoms with Crippen LogP contribution in [0.5, 0.6) is 0 Å². The van der Waals surface area contributed by atoms with Crippen LogP contribution in [-0.4, -0.2) is 49.1 Å². The monoisotopic (exact) mass is 1160 g/mol. The molecule has 0 bridgehead atoms. The van der Waals surface area contributed by atoms with Crippen LogP contribution in [0.1, 0.15) is 67.5 Å². The lowest BCUT2D eigenvalue weighted by atomic mass is 10.1. The second-order valence-corrected chi connectivity index (χ2v) is 18.4. The second kappa shape index (κ2) is 17.5. The molecule has 0 spiro atoms. The lowest BCUT2D eigenvalue weighted by Gasteiger charge is -2.10. The maximum Gasteiger partial charge on any atom is 0.157 e. The lowest BCUT2D eigenvalue weighted by Crippen LogP contribution is -2.08. The number of hydrogen-bond acceptors (Lipinski definition) is 6. The van der Waals surface area contributed by atoms with E-state index in [1.54, 1.807) is 0 Å². The van der Waals surface area contributed by atoms with Crippen LogP contribution in [-0.2, 0) is 21.3 Å². The van der Waals surface area contributed by atoms with E-state index in [-0.39, 0.29) is 0 Å². The fraction of sp³-hybridized carbons (Fsp3) is 0.286.